The number of para-hydroxylation sites is 3. The number of hydrogen-bond acceptors (Lipinski definition) is 2. The van der Waals surface area contributed by atoms with Gasteiger partial charge in [-0.2, -0.15) is 0 Å². The fourth-order valence-corrected chi connectivity index (χ4v) is 2.38. The van der Waals surface area contributed by atoms with E-state index in [1.54, 1.807) is 0 Å². The minimum absolute atomic E-state index is 0.472. The SMILES string of the molecule is [Cl][Pt][Cl].c1cnc2c(-c3nc4ccccc4[nH]3)cccc2c1. The first-order chi connectivity index (χ1) is 10.8. The maximum Gasteiger partial charge on any atom is 0.140 e. The first-order valence-corrected chi connectivity index (χ1v) is 12.1. The van der Waals surface area contributed by atoms with Gasteiger partial charge in [0.05, 0.1) is 16.6 Å². The molecule has 1 N–H and O–H groups in total. The van der Waals surface area contributed by atoms with Crippen molar-refractivity contribution in [2.24, 2.45) is 0 Å². The zero-order valence-corrected chi connectivity index (χ0v) is 15.0. The molecule has 0 radical (unpaired) electrons. The van der Waals surface area contributed by atoms with E-state index < -0.39 is 16.5 Å². The molecule has 0 unspecified atom stereocenters. The fraction of sp³-hybridized carbons (Fsp3) is 0. The molecule has 2 aromatic heterocycles. The van der Waals surface area contributed by atoms with Gasteiger partial charge in [-0.1, -0.05) is 30.3 Å². The van der Waals surface area contributed by atoms with E-state index in [9.17, 15) is 0 Å². The second kappa shape index (κ2) is 7.23. The molecule has 0 bridgehead atoms. The molecule has 114 valence electrons. The summed E-state index contributed by atoms with van der Waals surface area (Å²) in [5, 5.41) is 1.13. The summed E-state index contributed by atoms with van der Waals surface area (Å²) < 4.78 is 0. The van der Waals surface area contributed by atoms with Crippen molar-refractivity contribution in [2.45, 2.75) is 0 Å². The summed E-state index contributed by atoms with van der Waals surface area (Å²) in [6.07, 6.45) is 1.81. The van der Waals surface area contributed by atoms with Crippen LogP contribution in [-0.4, -0.2) is 15.0 Å². The largest absolute Gasteiger partial charge is 0.338 e. The predicted octanol–water partition coefficient (Wildman–Crippen LogP) is 5.15. The molecule has 2 heterocycles. The van der Waals surface area contributed by atoms with Crippen molar-refractivity contribution in [1.82, 2.24) is 15.0 Å². The van der Waals surface area contributed by atoms with Gasteiger partial charge < -0.3 is 4.98 Å². The average molecular weight is 511 g/mol. The minimum atomic E-state index is -0.472. The summed E-state index contributed by atoms with van der Waals surface area (Å²) in [6.45, 7) is 0. The zero-order chi connectivity index (χ0) is 15.4. The minimum Gasteiger partial charge on any atom is -0.338 e. The fourth-order valence-electron chi connectivity index (χ4n) is 2.38. The number of aromatic nitrogens is 3. The van der Waals surface area contributed by atoms with Crippen molar-refractivity contribution in [1.29, 1.82) is 0 Å². The van der Waals surface area contributed by atoms with Crippen molar-refractivity contribution < 1.29 is 16.5 Å². The predicted molar refractivity (Wildman–Crippen MR) is 88.5 cm³/mol. The Balaban J connectivity index is 0.000000446. The summed E-state index contributed by atoms with van der Waals surface area (Å²) in [6, 6.07) is 18.2. The van der Waals surface area contributed by atoms with Gasteiger partial charge in [0.1, 0.15) is 5.82 Å². The quantitative estimate of drug-likeness (QED) is 0.384. The van der Waals surface area contributed by atoms with Gasteiger partial charge >= 0.3 is 35.3 Å². The molecule has 0 aliphatic carbocycles. The number of pyridine rings is 1. The van der Waals surface area contributed by atoms with Crippen LogP contribution in [0.4, 0.5) is 0 Å². The molecule has 2 aromatic carbocycles. The molecule has 0 aliphatic rings. The van der Waals surface area contributed by atoms with Crippen LogP contribution in [0.1, 0.15) is 0 Å². The van der Waals surface area contributed by atoms with Gasteiger partial charge in [-0.15, -0.1) is 0 Å². The van der Waals surface area contributed by atoms with Gasteiger partial charge in [0.2, 0.25) is 0 Å². The maximum absolute atomic E-state index is 4.88. The van der Waals surface area contributed by atoms with Crippen LogP contribution in [0.3, 0.4) is 0 Å². The second-order valence-corrected chi connectivity index (χ2v) is 7.81. The number of fused-ring (bicyclic) bond motifs is 2. The summed E-state index contributed by atoms with van der Waals surface area (Å²) in [5.74, 6) is 0.866. The Labute approximate surface area is 144 Å². The number of rotatable bonds is 1. The number of halogens is 2. The molecule has 4 rings (SSSR count). The molecule has 0 fully saturated rings. The van der Waals surface area contributed by atoms with Crippen LogP contribution < -0.4 is 0 Å². The Morgan fingerprint density at radius 2 is 1.68 bits per heavy atom. The number of nitrogens with zero attached hydrogens (tertiary/aromatic N) is 2. The summed E-state index contributed by atoms with van der Waals surface area (Å²) >= 11 is -0.472. The van der Waals surface area contributed by atoms with Gasteiger partial charge in [-0.05, 0) is 24.3 Å². The van der Waals surface area contributed by atoms with E-state index in [2.05, 4.69) is 27.1 Å². The maximum atomic E-state index is 4.88. The molecule has 0 aliphatic heterocycles. The summed E-state index contributed by atoms with van der Waals surface area (Å²) in [4.78, 5) is 12.5. The topological polar surface area (TPSA) is 41.6 Å². The zero-order valence-electron chi connectivity index (χ0n) is 11.2. The van der Waals surface area contributed by atoms with Gasteiger partial charge in [0, 0.05) is 17.1 Å². The molecule has 0 atom stereocenters. The van der Waals surface area contributed by atoms with Crippen LogP contribution in [0.25, 0.3) is 33.3 Å². The van der Waals surface area contributed by atoms with Crippen LogP contribution >= 0.6 is 18.8 Å². The molecule has 0 spiro atoms. The van der Waals surface area contributed by atoms with E-state index in [1.165, 1.54) is 0 Å². The molecule has 0 saturated heterocycles. The number of imidazole rings is 1. The van der Waals surface area contributed by atoms with Crippen LogP contribution in [0.2, 0.25) is 0 Å². The Kier molecular flexibility index (Phi) is 5.09. The van der Waals surface area contributed by atoms with Crippen molar-refractivity contribution in [3.8, 4) is 11.4 Å². The Bertz CT molecular complexity index is 870. The van der Waals surface area contributed by atoms with Crippen molar-refractivity contribution in [2.75, 3.05) is 0 Å². The first kappa shape index (κ1) is 15.5. The van der Waals surface area contributed by atoms with Crippen LogP contribution in [0, 0.1) is 0 Å². The second-order valence-electron chi connectivity index (χ2n) is 4.53. The third-order valence-electron chi connectivity index (χ3n) is 3.28. The van der Waals surface area contributed by atoms with E-state index in [1.807, 2.05) is 48.7 Å². The van der Waals surface area contributed by atoms with Gasteiger partial charge in [0.25, 0.3) is 0 Å². The van der Waals surface area contributed by atoms with Crippen LogP contribution in [-0.2, 0) is 16.5 Å². The van der Waals surface area contributed by atoms with Crippen molar-refractivity contribution in [3.63, 3.8) is 0 Å². The van der Waals surface area contributed by atoms with Crippen LogP contribution in [0.5, 0.6) is 0 Å². The Morgan fingerprint density at radius 1 is 0.909 bits per heavy atom. The van der Waals surface area contributed by atoms with Gasteiger partial charge in [-0.3, -0.25) is 4.98 Å². The molecule has 0 saturated carbocycles. The van der Waals surface area contributed by atoms with Crippen molar-refractivity contribution >= 4 is 40.8 Å². The molecule has 4 aromatic rings. The van der Waals surface area contributed by atoms with E-state index >= 15 is 0 Å². The average Bonchev–Trinajstić information content (AvgIpc) is 2.99. The molecular weight excluding hydrogens is 500 g/mol. The smallest absolute Gasteiger partial charge is 0.140 e. The standard InChI is InChI=1S/C16H11N3.2ClH.Pt/c1-2-9-14-13(8-1)18-16(19-14)12-7-3-5-11-6-4-10-17-15(11)12;;;/h1-10H,(H,18,19);2*1H;/q;;;+2/p-2. The third kappa shape index (κ3) is 3.17. The first-order valence-electron chi connectivity index (χ1n) is 6.44. The summed E-state index contributed by atoms with van der Waals surface area (Å²) in [7, 11) is 9.75. The summed E-state index contributed by atoms with van der Waals surface area (Å²) in [5.41, 5.74) is 4.04. The number of hydrogen-bond donors (Lipinski definition) is 1. The van der Waals surface area contributed by atoms with E-state index in [0.717, 1.165) is 33.3 Å². The number of benzene rings is 2. The Hall–Kier alpha value is -1.41. The number of nitrogens with one attached hydrogen (secondary N) is 1. The number of aromatic amines is 1. The van der Waals surface area contributed by atoms with Crippen LogP contribution in [0.15, 0.2) is 60.8 Å². The Morgan fingerprint density at radius 3 is 2.50 bits per heavy atom. The van der Waals surface area contributed by atoms with Crippen molar-refractivity contribution in [3.05, 3.63) is 60.8 Å². The molecule has 3 nitrogen and oxygen atoms in total. The molecule has 22 heavy (non-hydrogen) atoms. The van der Waals surface area contributed by atoms with Gasteiger partial charge in [-0.25, -0.2) is 4.98 Å². The van der Waals surface area contributed by atoms with E-state index in [0.29, 0.717) is 0 Å². The van der Waals surface area contributed by atoms with E-state index in [4.69, 9.17) is 18.8 Å². The molecular formula is C16H11Cl2N3Pt. The molecule has 0 amide bonds. The van der Waals surface area contributed by atoms with Gasteiger partial charge in [0.15, 0.2) is 0 Å². The monoisotopic (exact) mass is 510 g/mol. The number of H-pyrrole nitrogens is 1. The molecule has 6 heteroatoms. The van der Waals surface area contributed by atoms with E-state index in [-0.39, 0.29) is 0 Å². The normalized spacial score (nSPS) is 10.6. The third-order valence-corrected chi connectivity index (χ3v) is 3.28.